The Labute approximate surface area is 129 Å². The van der Waals surface area contributed by atoms with Gasteiger partial charge in [0.05, 0.1) is 2.88 Å². The number of fused-ring (bicyclic) bond motifs is 1. The minimum Gasteiger partial charge on any atom is -0.310 e. The van der Waals surface area contributed by atoms with Crippen molar-refractivity contribution in [2.24, 2.45) is 5.92 Å². The fourth-order valence-electron chi connectivity index (χ4n) is 2.69. The van der Waals surface area contributed by atoms with Crippen LogP contribution in [-0.4, -0.2) is 6.54 Å². The molecule has 3 heteroatoms. The van der Waals surface area contributed by atoms with Crippen LogP contribution in [0.3, 0.4) is 0 Å². The van der Waals surface area contributed by atoms with Crippen molar-refractivity contribution in [2.75, 3.05) is 6.54 Å². The quantitative estimate of drug-likeness (QED) is 0.534. The fourth-order valence-corrected chi connectivity index (χ4v) is 4.81. The zero-order valence-corrected chi connectivity index (χ0v) is 14.4. The second-order valence-corrected chi connectivity index (χ2v) is 8.75. The largest absolute Gasteiger partial charge is 0.310 e. The molecule has 1 atom stereocenters. The molecule has 1 N–H and O–H groups in total. The van der Waals surface area contributed by atoms with Gasteiger partial charge in [0.2, 0.25) is 0 Å². The Morgan fingerprint density at radius 3 is 3.06 bits per heavy atom. The van der Waals surface area contributed by atoms with Crippen LogP contribution in [0, 0.1) is 8.80 Å². The molecule has 0 aromatic carbocycles. The normalized spacial score (nSPS) is 19.2. The topological polar surface area (TPSA) is 12.0 Å². The molecule has 1 aliphatic rings. The van der Waals surface area contributed by atoms with Crippen LogP contribution in [0.4, 0.5) is 0 Å². The molecule has 1 heterocycles. The van der Waals surface area contributed by atoms with Crippen LogP contribution in [0.5, 0.6) is 0 Å². The summed E-state index contributed by atoms with van der Waals surface area (Å²) in [5.74, 6) is 0.852. The number of unbranched alkanes of at least 4 members (excludes halogenated alkanes) is 1. The van der Waals surface area contributed by atoms with E-state index in [0.29, 0.717) is 6.04 Å². The Morgan fingerprint density at radius 1 is 1.44 bits per heavy atom. The number of rotatable bonds is 6. The molecule has 2 rings (SSSR count). The van der Waals surface area contributed by atoms with Crippen molar-refractivity contribution in [2.45, 2.75) is 58.4 Å². The van der Waals surface area contributed by atoms with Gasteiger partial charge in [-0.2, -0.15) is 0 Å². The lowest BCUT2D eigenvalue weighted by Gasteiger charge is -2.23. The number of aryl methyl sites for hydroxylation is 1. The van der Waals surface area contributed by atoms with Gasteiger partial charge in [-0.15, -0.1) is 11.3 Å². The van der Waals surface area contributed by atoms with Gasteiger partial charge < -0.3 is 5.32 Å². The number of thiophene rings is 1. The molecule has 0 amide bonds. The predicted molar refractivity (Wildman–Crippen MR) is 89.4 cm³/mol. The van der Waals surface area contributed by atoms with E-state index in [-0.39, 0.29) is 0 Å². The molecule has 1 nitrogen and oxygen atoms in total. The van der Waals surface area contributed by atoms with Gasteiger partial charge in [-0.3, -0.25) is 0 Å². The molecule has 1 aromatic rings. The van der Waals surface area contributed by atoms with Crippen molar-refractivity contribution in [3.05, 3.63) is 19.4 Å². The molecule has 0 saturated carbocycles. The summed E-state index contributed by atoms with van der Waals surface area (Å²) in [6.45, 7) is 5.81. The summed E-state index contributed by atoms with van der Waals surface area (Å²) < 4.78 is 1.45. The van der Waals surface area contributed by atoms with Crippen LogP contribution in [0.1, 0.15) is 62.4 Å². The molecular formula is C15H24INS. The fraction of sp³-hybridized carbons (Fsp3) is 0.733. The summed E-state index contributed by atoms with van der Waals surface area (Å²) >= 11 is 4.45. The average Bonchev–Trinajstić information content (AvgIpc) is 2.69. The zero-order chi connectivity index (χ0) is 13.0. The first-order valence-corrected chi connectivity index (χ1v) is 9.08. The third kappa shape index (κ3) is 4.20. The van der Waals surface area contributed by atoms with Crippen LogP contribution in [0.25, 0.3) is 0 Å². The lowest BCUT2D eigenvalue weighted by molar-refractivity contribution is 0.444. The van der Waals surface area contributed by atoms with Crippen LogP contribution in [0.2, 0.25) is 0 Å². The molecule has 1 aliphatic carbocycles. The first-order valence-electron chi connectivity index (χ1n) is 7.18. The molecule has 1 unspecified atom stereocenters. The zero-order valence-electron chi connectivity index (χ0n) is 11.5. The highest BCUT2D eigenvalue weighted by Crippen LogP contribution is 2.36. The van der Waals surface area contributed by atoms with Crippen molar-refractivity contribution in [1.29, 1.82) is 0 Å². The Bertz CT molecular complexity index is 373. The van der Waals surface area contributed by atoms with Gasteiger partial charge in [0.15, 0.2) is 0 Å². The SMILES string of the molecule is CC(C)CCCCNC1CCCc2sc(I)cc21. The molecule has 0 bridgehead atoms. The summed E-state index contributed by atoms with van der Waals surface area (Å²) in [7, 11) is 0. The van der Waals surface area contributed by atoms with Gasteiger partial charge >= 0.3 is 0 Å². The monoisotopic (exact) mass is 377 g/mol. The maximum atomic E-state index is 3.77. The molecule has 0 spiro atoms. The van der Waals surface area contributed by atoms with E-state index in [1.165, 1.54) is 48.0 Å². The molecule has 0 radical (unpaired) electrons. The molecule has 1 aromatic heterocycles. The molecular weight excluding hydrogens is 353 g/mol. The first kappa shape index (κ1) is 14.8. The first-order chi connectivity index (χ1) is 8.66. The predicted octanol–water partition coefficient (Wildman–Crippen LogP) is 5.15. The Kier molecular flexibility index (Phi) is 5.96. The molecule has 0 fully saturated rings. The summed E-state index contributed by atoms with van der Waals surface area (Å²) in [6.07, 6.45) is 8.04. The summed E-state index contributed by atoms with van der Waals surface area (Å²) in [4.78, 5) is 1.63. The molecule has 0 aliphatic heterocycles. The van der Waals surface area contributed by atoms with E-state index in [2.05, 4.69) is 47.8 Å². The highest BCUT2D eigenvalue weighted by molar-refractivity contribution is 14.1. The summed E-state index contributed by atoms with van der Waals surface area (Å²) in [6, 6.07) is 3.03. The standard InChI is InChI=1S/C15H24INS/c1-11(2)6-3-4-9-17-13-7-5-8-14-12(13)10-15(16)18-14/h10-11,13,17H,3-9H2,1-2H3. The molecule has 0 saturated heterocycles. The lowest BCUT2D eigenvalue weighted by Crippen LogP contribution is -2.25. The van der Waals surface area contributed by atoms with Crippen LogP contribution in [-0.2, 0) is 6.42 Å². The highest BCUT2D eigenvalue weighted by Gasteiger charge is 2.21. The Morgan fingerprint density at radius 2 is 2.28 bits per heavy atom. The minimum atomic E-state index is 0.632. The maximum absolute atomic E-state index is 3.77. The third-order valence-electron chi connectivity index (χ3n) is 3.68. The van der Waals surface area contributed by atoms with Gasteiger partial charge in [0.1, 0.15) is 0 Å². The van der Waals surface area contributed by atoms with E-state index in [4.69, 9.17) is 0 Å². The van der Waals surface area contributed by atoms with E-state index in [0.717, 1.165) is 5.92 Å². The van der Waals surface area contributed by atoms with Gasteiger partial charge in [0.25, 0.3) is 0 Å². The Balaban J connectivity index is 1.77. The lowest BCUT2D eigenvalue weighted by atomic mass is 9.94. The van der Waals surface area contributed by atoms with Crippen LogP contribution >= 0.6 is 33.9 Å². The van der Waals surface area contributed by atoms with Gasteiger partial charge in [-0.25, -0.2) is 0 Å². The van der Waals surface area contributed by atoms with Gasteiger partial charge in [-0.05, 0) is 72.4 Å². The van der Waals surface area contributed by atoms with E-state index in [1.54, 1.807) is 10.4 Å². The van der Waals surface area contributed by atoms with Crippen LogP contribution < -0.4 is 5.32 Å². The van der Waals surface area contributed by atoms with E-state index in [1.807, 2.05) is 11.3 Å². The van der Waals surface area contributed by atoms with E-state index >= 15 is 0 Å². The van der Waals surface area contributed by atoms with Gasteiger partial charge in [-0.1, -0.05) is 26.7 Å². The number of hydrogen-bond donors (Lipinski definition) is 1. The van der Waals surface area contributed by atoms with E-state index in [9.17, 15) is 0 Å². The van der Waals surface area contributed by atoms with Crippen LogP contribution in [0.15, 0.2) is 6.07 Å². The van der Waals surface area contributed by atoms with Crippen molar-refractivity contribution < 1.29 is 0 Å². The third-order valence-corrected chi connectivity index (χ3v) is 5.65. The molecule has 18 heavy (non-hydrogen) atoms. The number of hydrogen-bond acceptors (Lipinski definition) is 2. The highest BCUT2D eigenvalue weighted by atomic mass is 127. The number of halogens is 1. The molecule has 102 valence electrons. The second-order valence-electron chi connectivity index (χ2n) is 5.72. The minimum absolute atomic E-state index is 0.632. The smallest absolute Gasteiger partial charge is 0.0659 e. The second kappa shape index (κ2) is 7.25. The van der Waals surface area contributed by atoms with E-state index < -0.39 is 0 Å². The van der Waals surface area contributed by atoms with Crippen molar-refractivity contribution >= 4 is 33.9 Å². The average molecular weight is 377 g/mol. The summed E-state index contributed by atoms with van der Waals surface area (Å²) in [5.41, 5.74) is 1.60. The maximum Gasteiger partial charge on any atom is 0.0659 e. The number of nitrogens with one attached hydrogen (secondary N) is 1. The summed E-state index contributed by atoms with van der Waals surface area (Å²) in [5, 5.41) is 3.77. The Hall–Kier alpha value is 0.390. The van der Waals surface area contributed by atoms with Crippen molar-refractivity contribution in [3.8, 4) is 0 Å². The van der Waals surface area contributed by atoms with Crippen molar-refractivity contribution in [3.63, 3.8) is 0 Å². The van der Waals surface area contributed by atoms with Crippen molar-refractivity contribution in [1.82, 2.24) is 5.32 Å². The van der Waals surface area contributed by atoms with Gasteiger partial charge in [0, 0.05) is 10.9 Å².